The monoisotopic (exact) mass is 339 g/mol. The molecule has 0 aliphatic carbocycles. The minimum atomic E-state index is -0.234. The Morgan fingerprint density at radius 2 is 2.50 bits per heavy atom. The molecule has 0 aromatic carbocycles. The van der Waals surface area contributed by atoms with Crippen LogP contribution >= 0.6 is 15.9 Å². The number of rotatable bonds is 4. The van der Waals surface area contributed by atoms with Gasteiger partial charge < -0.3 is 14.5 Å². The number of amides is 1. The molecule has 6 nitrogen and oxygen atoms in total. The van der Waals surface area contributed by atoms with Crippen molar-refractivity contribution in [3.63, 3.8) is 0 Å². The van der Waals surface area contributed by atoms with Gasteiger partial charge >= 0.3 is 0 Å². The molecule has 0 radical (unpaired) electrons. The molecule has 20 heavy (non-hydrogen) atoms. The number of anilines is 1. The van der Waals surface area contributed by atoms with E-state index in [1.165, 1.54) is 6.26 Å². The lowest BCUT2D eigenvalue weighted by atomic mass is 10.2. The summed E-state index contributed by atoms with van der Waals surface area (Å²) in [5.74, 6) is -0.234. The lowest BCUT2D eigenvalue weighted by molar-refractivity contribution is 0.0940. The molecule has 2 aromatic rings. The van der Waals surface area contributed by atoms with Crippen LogP contribution in [0.5, 0.6) is 0 Å². The minimum absolute atomic E-state index is 0.224. The van der Waals surface area contributed by atoms with E-state index < -0.39 is 0 Å². The average molecular weight is 340 g/mol. The quantitative estimate of drug-likeness (QED) is 0.929. The van der Waals surface area contributed by atoms with Crippen molar-refractivity contribution in [1.29, 1.82) is 0 Å². The summed E-state index contributed by atoms with van der Waals surface area (Å²) in [6.45, 7) is 1.54. The van der Waals surface area contributed by atoms with E-state index in [2.05, 4.69) is 26.3 Å². The molecule has 1 aliphatic heterocycles. The number of hydrogen-bond acceptors (Lipinski definition) is 4. The Hall–Kier alpha value is -1.60. The Balaban J connectivity index is 1.62. The van der Waals surface area contributed by atoms with Gasteiger partial charge in [-0.3, -0.25) is 9.48 Å². The van der Waals surface area contributed by atoms with Gasteiger partial charge in [-0.2, -0.15) is 5.10 Å². The van der Waals surface area contributed by atoms with Crippen LogP contribution in [0.25, 0.3) is 0 Å². The number of hydrogen-bond donors (Lipinski definition) is 1. The first-order valence-corrected chi connectivity index (χ1v) is 7.20. The van der Waals surface area contributed by atoms with Crippen LogP contribution in [0.4, 0.5) is 5.69 Å². The third kappa shape index (κ3) is 2.94. The molecule has 7 heteroatoms. The van der Waals surface area contributed by atoms with Crippen LogP contribution in [0.3, 0.4) is 0 Å². The van der Waals surface area contributed by atoms with E-state index in [1.54, 1.807) is 23.1 Å². The molecule has 3 rings (SSSR count). The zero-order valence-corrected chi connectivity index (χ0v) is 12.3. The largest absolute Gasteiger partial charge is 0.457 e. The maximum Gasteiger partial charge on any atom is 0.260 e. The molecule has 3 heterocycles. The summed E-state index contributed by atoms with van der Waals surface area (Å²) in [7, 11) is 0. The fourth-order valence-electron chi connectivity index (χ4n) is 2.18. The summed E-state index contributed by atoms with van der Waals surface area (Å²) in [6.07, 6.45) is 7.27. The fourth-order valence-corrected chi connectivity index (χ4v) is 2.60. The summed E-state index contributed by atoms with van der Waals surface area (Å²) in [5.41, 5.74) is 1.11. The van der Waals surface area contributed by atoms with Crippen molar-refractivity contribution in [1.82, 2.24) is 9.78 Å². The second kappa shape index (κ2) is 5.80. The third-order valence-electron chi connectivity index (χ3n) is 3.17. The van der Waals surface area contributed by atoms with Crippen LogP contribution in [0.15, 0.2) is 33.8 Å². The summed E-state index contributed by atoms with van der Waals surface area (Å²) >= 11 is 3.18. The summed E-state index contributed by atoms with van der Waals surface area (Å²) in [4.78, 5) is 12.0. The van der Waals surface area contributed by atoms with E-state index in [1.807, 2.05) is 0 Å². The van der Waals surface area contributed by atoms with Gasteiger partial charge in [0.2, 0.25) is 0 Å². The predicted octanol–water partition coefficient (Wildman–Crippen LogP) is 2.67. The lowest BCUT2D eigenvalue weighted by Crippen LogP contribution is -2.15. The van der Waals surface area contributed by atoms with Gasteiger partial charge in [-0.05, 0) is 34.8 Å². The number of aromatic nitrogens is 2. The molecule has 1 amide bonds. The van der Waals surface area contributed by atoms with E-state index in [4.69, 9.17) is 9.15 Å². The van der Waals surface area contributed by atoms with Crippen LogP contribution in [0.2, 0.25) is 0 Å². The van der Waals surface area contributed by atoms with E-state index in [0.717, 1.165) is 19.4 Å². The molecule has 1 aliphatic rings. The molecular weight excluding hydrogens is 326 g/mol. The molecule has 0 saturated carbocycles. The highest BCUT2D eigenvalue weighted by atomic mass is 79.9. The van der Waals surface area contributed by atoms with Gasteiger partial charge in [0.15, 0.2) is 4.67 Å². The maximum atomic E-state index is 12.0. The number of halogens is 1. The van der Waals surface area contributed by atoms with Crippen LogP contribution < -0.4 is 5.32 Å². The van der Waals surface area contributed by atoms with Gasteiger partial charge in [0, 0.05) is 12.8 Å². The van der Waals surface area contributed by atoms with Crippen LogP contribution in [0, 0.1) is 0 Å². The van der Waals surface area contributed by atoms with E-state index in [-0.39, 0.29) is 12.0 Å². The summed E-state index contributed by atoms with van der Waals surface area (Å²) < 4.78 is 12.8. The molecule has 106 valence electrons. The first-order valence-electron chi connectivity index (χ1n) is 6.41. The normalized spacial score (nSPS) is 18.4. The van der Waals surface area contributed by atoms with Gasteiger partial charge in [0.1, 0.15) is 0 Å². The number of nitrogens with one attached hydrogen (secondary N) is 1. The van der Waals surface area contributed by atoms with Crippen molar-refractivity contribution in [2.45, 2.75) is 25.5 Å². The van der Waals surface area contributed by atoms with Crippen molar-refractivity contribution >= 4 is 27.5 Å². The van der Waals surface area contributed by atoms with Gasteiger partial charge in [-0.25, -0.2) is 0 Å². The first kappa shape index (κ1) is 13.4. The number of ether oxygens (including phenoxy) is 1. The standard InChI is InChI=1S/C13H14BrN3O3/c14-12-11(3-5-20-12)13(18)16-9-6-15-17(7-9)8-10-2-1-4-19-10/h3,5-7,10H,1-2,4,8H2,(H,16,18). The van der Waals surface area contributed by atoms with Gasteiger partial charge in [-0.15, -0.1) is 0 Å². The minimum Gasteiger partial charge on any atom is -0.457 e. The molecule has 0 bridgehead atoms. The van der Waals surface area contributed by atoms with Crippen molar-refractivity contribution in [2.75, 3.05) is 11.9 Å². The van der Waals surface area contributed by atoms with Crippen LogP contribution in [-0.2, 0) is 11.3 Å². The zero-order valence-electron chi connectivity index (χ0n) is 10.7. The molecule has 2 aromatic heterocycles. The highest BCUT2D eigenvalue weighted by molar-refractivity contribution is 9.10. The smallest absolute Gasteiger partial charge is 0.260 e. The SMILES string of the molecule is O=C(Nc1cnn(CC2CCCO2)c1)c1ccoc1Br. The Morgan fingerprint density at radius 1 is 1.60 bits per heavy atom. The van der Waals surface area contributed by atoms with Gasteiger partial charge in [0.05, 0.1) is 36.4 Å². The third-order valence-corrected chi connectivity index (χ3v) is 3.78. The van der Waals surface area contributed by atoms with E-state index in [9.17, 15) is 4.79 Å². The Kier molecular flexibility index (Phi) is 3.88. The Morgan fingerprint density at radius 3 is 3.20 bits per heavy atom. The van der Waals surface area contributed by atoms with Crippen molar-refractivity contribution in [3.05, 3.63) is 35.0 Å². The number of carbonyl (C=O) groups is 1. The number of carbonyl (C=O) groups excluding carboxylic acids is 1. The highest BCUT2D eigenvalue weighted by Gasteiger charge is 2.17. The van der Waals surface area contributed by atoms with Crippen molar-refractivity contribution in [3.8, 4) is 0 Å². The molecule has 1 N–H and O–H groups in total. The van der Waals surface area contributed by atoms with Crippen molar-refractivity contribution < 1.29 is 13.9 Å². The van der Waals surface area contributed by atoms with E-state index >= 15 is 0 Å². The van der Waals surface area contributed by atoms with Crippen LogP contribution in [0.1, 0.15) is 23.2 Å². The second-order valence-electron chi connectivity index (χ2n) is 4.65. The Bertz CT molecular complexity index is 602. The maximum absolute atomic E-state index is 12.0. The lowest BCUT2D eigenvalue weighted by Gasteiger charge is -2.08. The summed E-state index contributed by atoms with van der Waals surface area (Å²) in [5, 5.41) is 7.00. The first-order chi connectivity index (χ1) is 9.72. The topological polar surface area (TPSA) is 69.3 Å². The van der Waals surface area contributed by atoms with Gasteiger partial charge in [0.25, 0.3) is 5.91 Å². The average Bonchev–Trinajstić information content (AvgIpc) is 3.12. The second-order valence-corrected chi connectivity index (χ2v) is 5.37. The molecule has 1 atom stereocenters. The zero-order chi connectivity index (χ0) is 13.9. The number of nitrogens with zero attached hydrogens (tertiary/aromatic N) is 2. The van der Waals surface area contributed by atoms with Crippen molar-refractivity contribution in [2.24, 2.45) is 0 Å². The fraction of sp³-hybridized carbons (Fsp3) is 0.385. The van der Waals surface area contributed by atoms with Gasteiger partial charge in [-0.1, -0.05) is 0 Å². The molecule has 0 spiro atoms. The highest BCUT2D eigenvalue weighted by Crippen LogP contribution is 2.19. The molecule has 1 saturated heterocycles. The predicted molar refractivity (Wildman–Crippen MR) is 75.6 cm³/mol. The molecule has 1 unspecified atom stereocenters. The Labute approximate surface area is 124 Å². The molecular formula is C13H14BrN3O3. The summed E-state index contributed by atoms with van der Waals surface area (Å²) in [6, 6.07) is 1.61. The van der Waals surface area contributed by atoms with E-state index in [0.29, 0.717) is 22.5 Å². The number of furan rings is 1. The van der Waals surface area contributed by atoms with Crippen LogP contribution in [-0.4, -0.2) is 28.4 Å². The molecule has 1 fully saturated rings.